The molecule has 0 saturated carbocycles. The number of hydrogen-bond donors (Lipinski definition) is 1. The topological polar surface area (TPSA) is 12.0 Å². The molecule has 0 aliphatic carbocycles. The maximum absolute atomic E-state index is 5.93. The molecule has 0 saturated heterocycles. The van der Waals surface area contributed by atoms with Gasteiger partial charge in [-0.2, -0.15) is 0 Å². The molecule has 7 heavy (non-hydrogen) atoms. The third-order valence-electron chi connectivity index (χ3n) is 1.19. The van der Waals surface area contributed by atoms with Crippen molar-refractivity contribution in [3.05, 3.63) is 0 Å². The Bertz CT molecular complexity index is 49.7. The van der Waals surface area contributed by atoms with Crippen LogP contribution in [0, 0.1) is 0 Å². The summed E-state index contributed by atoms with van der Waals surface area (Å²) in [4.78, 5) is 3.10. The van der Waals surface area contributed by atoms with Crippen LogP contribution in [-0.4, -0.2) is 14.6 Å². The second-order valence-electron chi connectivity index (χ2n) is 1.80. The largest absolute Gasteiger partial charge is 0.328 e. The summed E-state index contributed by atoms with van der Waals surface area (Å²) in [5.41, 5.74) is 0. The lowest BCUT2D eigenvalue weighted by molar-refractivity contribution is 1.15. The van der Waals surface area contributed by atoms with E-state index in [0.717, 1.165) is 6.04 Å². The Kier molecular flexibility index (Phi) is 2.88. The van der Waals surface area contributed by atoms with E-state index >= 15 is 0 Å². The van der Waals surface area contributed by atoms with Crippen molar-refractivity contribution in [3.63, 3.8) is 0 Å². The van der Waals surface area contributed by atoms with Gasteiger partial charge in [-0.15, -0.1) is 11.1 Å². The lowest BCUT2D eigenvalue weighted by Crippen LogP contribution is -2.38. The lowest BCUT2D eigenvalue weighted by Gasteiger charge is -2.13. The van der Waals surface area contributed by atoms with Gasteiger partial charge in [-0.1, -0.05) is 6.92 Å². The normalized spacial score (nSPS) is 18.9. The average Bonchev–Trinajstić information content (AvgIpc) is 1.68. The Balaban J connectivity index is 3.36. The van der Waals surface area contributed by atoms with E-state index in [2.05, 4.69) is 18.5 Å². The van der Waals surface area contributed by atoms with Crippen molar-refractivity contribution in [3.8, 4) is 0 Å². The molecule has 1 N–H and O–H groups in total. The van der Waals surface area contributed by atoms with Gasteiger partial charge in [-0.05, 0) is 19.6 Å². The predicted molar refractivity (Wildman–Crippen MR) is 37.0 cm³/mol. The molecule has 0 aromatic rings. The van der Waals surface area contributed by atoms with Crippen LogP contribution >= 0.6 is 11.1 Å². The van der Waals surface area contributed by atoms with E-state index in [1.165, 1.54) is 0 Å². The van der Waals surface area contributed by atoms with E-state index in [1.807, 2.05) is 7.05 Å². The first-order chi connectivity index (χ1) is 3.12. The van der Waals surface area contributed by atoms with Crippen LogP contribution in [0.1, 0.15) is 6.92 Å². The average molecular weight is 138 g/mol. The standard InChI is InChI=1S/C4H12ClNSi/c1-4-7(3,5)6-2/h6H,4H2,1-3H3. The zero-order valence-electron chi connectivity index (χ0n) is 5.09. The first-order valence-corrected chi connectivity index (χ1v) is 6.22. The van der Waals surface area contributed by atoms with Gasteiger partial charge in [0.1, 0.15) is 0 Å². The first kappa shape index (κ1) is 7.47. The van der Waals surface area contributed by atoms with E-state index in [4.69, 9.17) is 11.1 Å². The van der Waals surface area contributed by atoms with Crippen LogP contribution in [0.3, 0.4) is 0 Å². The third kappa shape index (κ3) is 3.09. The molecule has 0 radical (unpaired) electrons. The molecule has 0 rings (SSSR count). The summed E-state index contributed by atoms with van der Waals surface area (Å²) in [6.45, 7) is 4.20. The monoisotopic (exact) mass is 137 g/mol. The van der Waals surface area contributed by atoms with Crippen molar-refractivity contribution in [2.45, 2.75) is 19.5 Å². The third-order valence-corrected chi connectivity index (χ3v) is 4.92. The number of hydrogen-bond acceptors (Lipinski definition) is 1. The number of nitrogens with one attached hydrogen (secondary N) is 1. The van der Waals surface area contributed by atoms with Crippen LogP contribution in [0.2, 0.25) is 12.6 Å². The Morgan fingerprint density at radius 1 is 1.71 bits per heavy atom. The van der Waals surface area contributed by atoms with Gasteiger partial charge < -0.3 is 4.98 Å². The van der Waals surface area contributed by atoms with Crippen molar-refractivity contribution < 1.29 is 0 Å². The molecule has 0 aromatic carbocycles. The SMILES string of the molecule is CC[Si](C)(Cl)NC. The van der Waals surface area contributed by atoms with Gasteiger partial charge >= 0.3 is 0 Å². The molecule has 1 nitrogen and oxygen atoms in total. The molecule has 0 bridgehead atoms. The van der Waals surface area contributed by atoms with Gasteiger partial charge in [-0.3, -0.25) is 0 Å². The maximum Gasteiger partial charge on any atom is 0.223 e. The highest BCUT2D eigenvalue weighted by molar-refractivity contribution is 7.18. The van der Waals surface area contributed by atoms with Gasteiger partial charge in [-0.25, -0.2) is 0 Å². The van der Waals surface area contributed by atoms with E-state index in [9.17, 15) is 0 Å². The Morgan fingerprint density at radius 3 is 2.14 bits per heavy atom. The highest BCUT2D eigenvalue weighted by Crippen LogP contribution is 2.07. The van der Waals surface area contributed by atoms with Crippen molar-refractivity contribution in [1.29, 1.82) is 0 Å². The summed E-state index contributed by atoms with van der Waals surface area (Å²) in [5, 5.41) is 0. The van der Waals surface area contributed by atoms with Gasteiger partial charge in [0.15, 0.2) is 0 Å². The zero-order chi connectivity index (χ0) is 5.91. The molecule has 0 aliphatic heterocycles. The maximum atomic E-state index is 5.93. The molecule has 0 heterocycles. The van der Waals surface area contributed by atoms with Crippen LogP contribution in [0.25, 0.3) is 0 Å². The summed E-state index contributed by atoms with van der Waals surface area (Å²) in [6, 6.07) is 1.09. The summed E-state index contributed by atoms with van der Waals surface area (Å²) >= 11 is 5.93. The lowest BCUT2D eigenvalue weighted by atomic mass is 11.0. The molecule has 0 spiro atoms. The molecule has 0 fully saturated rings. The molecular weight excluding hydrogens is 126 g/mol. The van der Waals surface area contributed by atoms with Gasteiger partial charge in [0.2, 0.25) is 7.55 Å². The highest BCUT2D eigenvalue weighted by Gasteiger charge is 2.17. The van der Waals surface area contributed by atoms with Crippen LogP contribution in [0.15, 0.2) is 0 Å². The fourth-order valence-electron chi connectivity index (χ4n) is 0.177. The summed E-state index contributed by atoms with van der Waals surface area (Å²) in [7, 11) is 0.490. The number of halogens is 1. The van der Waals surface area contributed by atoms with Crippen LogP contribution in [0.4, 0.5) is 0 Å². The fourth-order valence-corrected chi connectivity index (χ4v) is 0.530. The molecule has 1 unspecified atom stereocenters. The Morgan fingerprint density at radius 2 is 2.14 bits per heavy atom. The van der Waals surface area contributed by atoms with Crippen LogP contribution in [0.5, 0.6) is 0 Å². The van der Waals surface area contributed by atoms with Crippen molar-refractivity contribution in [1.82, 2.24) is 4.98 Å². The minimum absolute atomic E-state index is 1.09. The minimum atomic E-state index is -1.43. The number of rotatable bonds is 2. The van der Waals surface area contributed by atoms with Gasteiger partial charge in [0.05, 0.1) is 0 Å². The molecule has 1 atom stereocenters. The van der Waals surface area contributed by atoms with Crippen molar-refractivity contribution in [2.24, 2.45) is 0 Å². The van der Waals surface area contributed by atoms with Crippen molar-refractivity contribution in [2.75, 3.05) is 7.05 Å². The minimum Gasteiger partial charge on any atom is -0.328 e. The fraction of sp³-hybridized carbons (Fsp3) is 1.00. The van der Waals surface area contributed by atoms with E-state index < -0.39 is 7.55 Å². The molecular formula is C4H12ClNSi. The molecule has 0 amide bonds. The first-order valence-electron chi connectivity index (χ1n) is 2.50. The Labute approximate surface area is 50.9 Å². The van der Waals surface area contributed by atoms with E-state index in [0.29, 0.717) is 0 Å². The Hall–Kier alpha value is 0.467. The van der Waals surface area contributed by atoms with Crippen molar-refractivity contribution >= 4 is 18.6 Å². The van der Waals surface area contributed by atoms with Gasteiger partial charge in [0.25, 0.3) is 0 Å². The molecule has 44 valence electrons. The van der Waals surface area contributed by atoms with Gasteiger partial charge in [0, 0.05) is 0 Å². The second kappa shape index (κ2) is 2.70. The van der Waals surface area contributed by atoms with E-state index in [1.54, 1.807) is 0 Å². The second-order valence-corrected chi connectivity index (χ2v) is 7.91. The predicted octanol–water partition coefficient (Wildman–Crippen LogP) is 1.54. The summed E-state index contributed by atoms with van der Waals surface area (Å²) < 4.78 is 0. The van der Waals surface area contributed by atoms with Crippen LogP contribution in [-0.2, 0) is 0 Å². The molecule has 3 heteroatoms. The molecule has 0 aromatic heterocycles. The van der Waals surface area contributed by atoms with E-state index in [-0.39, 0.29) is 0 Å². The smallest absolute Gasteiger partial charge is 0.223 e. The summed E-state index contributed by atoms with van der Waals surface area (Å²) in [5.74, 6) is 0. The quantitative estimate of drug-likeness (QED) is 0.450. The zero-order valence-corrected chi connectivity index (χ0v) is 6.84. The molecule has 0 aliphatic rings. The summed E-state index contributed by atoms with van der Waals surface area (Å²) in [6.07, 6.45) is 0. The van der Waals surface area contributed by atoms with Crippen LogP contribution < -0.4 is 4.98 Å². The highest BCUT2D eigenvalue weighted by atomic mass is 35.6.